The Balaban J connectivity index is 1.62. The predicted molar refractivity (Wildman–Crippen MR) is 194 cm³/mol. The summed E-state index contributed by atoms with van der Waals surface area (Å²) < 4.78 is 29.5. The minimum Gasteiger partial charge on any atom is -0.352 e. The number of benzene rings is 4. The molecule has 0 unspecified atom stereocenters. The van der Waals surface area contributed by atoms with Gasteiger partial charge in [0.1, 0.15) is 12.6 Å². The molecule has 0 spiro atoms. The first-order valence-corrected chi connectivity index (χ1v) is 18.5. The number of nitrogens with one attached hydrogen (secondary N) is 1. The molecule has 48 heavy (non-hydrogen) atoms. The summed E-state index contributed by atoms with van der Waals surface area (Å²) in [7, 11) is -4.36. The third-order valence-electron chi connectivity index (χ3n) is 8.45. The normalized spacial score (nSPS) is 14.0. The molecular weight excluding hydrogens is 712 g/mol. The number of halogens is 4. The Kier molecular flexibility index (Phi) is 12.0. The molecule has 0 aliphatic heterocycles. The van der Waals surface area contributed by atoms with Gasteiger partial charge in [-0.25, -0.2) is 8.42 Å². The van der Waals surface area contributed by atoms with E-state index in [9.17, 15) is 18.0 Å². The molecule has 5 rings (SSSR count). The summed E-state index contributed by atoms with van der Waals surface area (Å²) in [4.78, 5) is 30.2. The van der Waals surface area contributed by atoms with Crippen molar-refractivity contribution in [3.63, 3.8) is 0 Å². The van der Waals surface area contributed by atoms with Gasteiger partial charge in [0.05, 0.1) is 20.6 Å². The number of rotatable bonds is 12. The van der Waals surface area contributed by atoms with E-state index in [2.05, 4.69) is 5.32 Å². The molecular formula is C36H35Cl4N3O4S. The molecule has 0 heterocycles. The Morgan fingerprint density at radius 3 is 2.06 bits per heavy atom. The van der Waals surface area contributed by atoms with E-state index in [4.69, 9.17) is 46.4 Å². The molecule has 1 atom stereocenters. The van der Waals surface area contributed by atoms with E-state index >= 15 is 0 Å². The number of sulfonamides is 1. The van der Waals surface area contributed by atoms with Gasteiger partial charge >= 0.3 is 0 Å². The summed E-state index contributed by atoms with van der Waals surface area (Å²) in [5.74, 6) is -1.02. The largest absolute Gasteiger partial charge is 0.352 e. The zero-order valence-corrected chi connectivity index (χ0v) is 30.1. The smallest absolute Gasteiger partial charge is 0.264 e. The van der Waals surface area contributed by atoms with Gasteiger partial charge in [-0.2, -0.15) is 0 Å². The first-order valence-electron chi connectivity index (χ1n) is 15.6. The van der Waals surface area contributed by atoms with E-state index in [0.29, 0.717) is 15.6 Å². The molecule has 7 nitrogen and oxygen atoms in total. The summed E-state index contributed by atoms with van der Waals surface area (Å²) in [5.41, 5.74) is 2.12. The molecule has 12 heteroatoms. The van der Waals surface area contributed by atoms with Crippen LogP contribution in [0.2, 0.25) is 20.1 Å². The molecule has 1 saturated carbocycles. The number of carbonyl (C=O) groups excluding carboxylic acids is 2. The zero-order chi connectivity index (χ0) is 34.4. The highest BCUT2D eigenvalue weighted by molar-refractivity contribution is 7.92. The van der Waals surface area contributed by atoms with Crippen molar-refractivity contribution in [2.45, 2.75) is 62.6 Å². The van der Waals surface area contributed by atoms with Gasteiger partial charge in [0.25, 0.3) is 10.0 Å². The standard InChI is InChI=1S/C36H35Cl4N3O4S/c1-24-17-19-27(20-18-24)48(46,47)43(32-16-8-15-31(39)35(32)40)23-34(44)42(22-28-29(37)13-7-14-30(28)38)33(21-25-9-3-2-4-10-25)36(45)41-26-11-5-6-12-26/h2-4,7-10,13-20,26,33H,5-6,11-12,21-23H2,1H3,(H,41,45)/t33-/m0/s1. The summed E-state index contributed by atoms with van der Waals surface area (Å²) in [6.07, 6.45) is 3.83. The minimum atomic E-state index is -4.36. The molecule has 0 saturated heterocycles. The molecule has 0 aromatic heterocycles. The second-order valence-electron chi connectivity index (χ2n) is 11.8. The number of nitrogens with zero attached hydrogens (tertiary/aromatic N) is 2. The highest BCUT2D eigenvalue weighted by atomic mass is 35.5. The highest BCUT2D eigenvalue weighted by Gasteiger charge is 2.36. The lowest BCUT2D eigenvalue weighted by Gasteiger charge is -2.35. The number of amides is 2. The zero-order valence-electron chi connectivity index (χ0n) is 26.2. The van der Waals surface area contributed by atoms with Crippen molar-refractivity contribution in [3.8, 4) is 0 Å². The van der Waals surface area contributed by atoms with E-state index in [1.807, 2.05) is 37.3 Å². The Morgan fingerprint density at radius 1 is 0.812 bits per heavy atom. The average Bonchev–Trinajstić information content (AvgIpc) is 3.58. The van der Waals surface area contributed by atoms with Crippen LogP contribution in [0.25, 0.3) is 0 Å². The van der Waals surface area contributed by atoms with Gasteiger partial charge in [-0.1, -0.05) is 119 Å². The summed E-state index contributed by atoms with van der Waals surface area (Å²) >= 11 is 26.2. The third-order valence-corrected chi connectivity index (χ3v) is 11.7. The second kappa shape index (κ2) is 16.0. The molecule has 1 N–H and O–H groups in total. The molecule has 252 valence electrons. The van der Waals surface area contributed by atoms with E-state index in [-0.39, 0.29) is 45.5 Å². The van der Waals surface area contributed by atoms with Crippen LogP contribution < -0.4 is 9.62 Å². The van der Waals surface area contributed by atoms with Crippen molar-refractivity contribution >= 4 is 73.9 Å². The van der Waals surface area contributed by atoms with Gasteiger partial charge in [0.2, 0.25) is 11.8 Å². The van der Waals surface area contributed by atoms with Crippen molar-refractivity contribution in [3.05, 3.63) is 128 Å². The van der Waals surface area contributed by atoms with E-state index < -0.39 is 28.5 Å². The van der Waals surface area contributed by atoms with E-state index in [0.717, 1.165) is 41.1 Å². The van der Waals surface area contributed by atoms with Crippen LogP contribution in [-0.4, -0.2) is 43.8 Å². The van der Waals surface area contributed by atoms with Crippen LogP contribution in [-0.2, 0) is 32.6 Å². The lowest BCUT2D eigenvalue weighted by Crippen LogP contribution is -2.54. The van der Waals surface area contributed by atoms with Gasteiger partial charge < -0.3 is 10.2 Å². The van der Waals surface area contributed by atoms with Crippen LogP contribution in [0.3, 0.4) is 0 Å². The highest BCUT2D eigenvalue weighted by Crippen LogP contribution is 2.36. The topological polar surface area (TPSA) is 86.8 Å². The molecule has 1 fully saturated rings. The average molecular weight is 748 g/mol. The fourth-order valence-electron chi connectivity index (χ4n) is 5.81. The minimum absolute atomic E-state index is 0.0174. The third kappa shape index (κ3) is 8.47. The maximum Gasteiger partial charge on any atom is 0.264 e. The quantitative estimate of drug-likeness (QED) is 0.158. The van der Waals surface area contributed by atoms with Crippen LogP contribution in [0.1, 0.15) is 42.4 Å². The first-order chi connectivity index (χ1) is 23.0. The lowest BCUT2D eigenvalue weighted by atomic mass is 10.0. The SMILES string of the molecule is Cc1ccc(S(=O)(=O)N(CC(=O)N(Cc2c(Cl)cccc2Cl)[C@@H](Cc2ccccc2)C(=O)NC2CCCC2)c2cccc(Cl)c2Cl)cc1. The Morgan fingerprint density at radius 2 is 1.42 bits per heavy atom. The van der Waals surface area contributed by atoms with Gasteiger partial charge in [-0.15, -0.1) is 0 Å². The van der Waals surface area contributed by atoms with Crippen LogP contribution in [0.5, 0.6) is 0 Å². The van der Waals surface area contributed by atoms with E-state index in [1.54, 1.807) is 36.4 Å². The molecule has 2 amide bonds. The molecule has 0 radical (unpaired) electrons. The van der Waals surface area contributed by atoms with Crippen LogP contribution in [0, 0.1) is 6.92 Å². The van der Waals surface area contributed by atoms with Crippen molar-refractivity contribution in [2.75, 3.05) is 10.8 Å². The number of hydrogen-bond acceptors (Lipinski definition) is 4. The van der Waals surface area contributed by atoms with Gasteiger partial charge in [0, 0.05) is 34.6 Å². The second-order valence-corrected chi connectivity index (χ2v) is 15.3. The Bertz CT molecular complexity index is 1850. The number of hydrogen-bond donors (Lipinski definition) is 1. The van der Waals surface area contributed by atoms with Crippen LogP contribution in [0.4, 0.5) is 5.69 Å². The summed E-state index contributed by atoms with van der Waals surface area (Å²) in [6, 6.07) is 24.1. The van der Waals surface area contributed by atoms with Gasteiger partial charge in [-0.3, -0.25) is 13.9 Å². The van der Waals surface area contributed by atoms with E-state index in [1.165, 1.54) is 29.2 Å². The molecule has 4 aromatic carbocycles. The predicted octanol–water partition coefficient (Wildman–Crippen LogP) is 8.50. The Labute approximate surface area is 301 Å². The molecule has 4 aromatic rings. The van der Waals surface area contributed by atoms with Crippen LogP contribution >= 0.6 is 46.4 Å². The van der Waals surface area contributed by atoms with Gasteiger partial charge in [-0.05, 0) is 61.7 Å². The number of anilines is 1. The monoisotopic (exact) mass is 745 g/mol. The van der Waals surface area contributed by atoms with Crippen molar-refractivity contribution in [2.24, 2.45) is 0 Å². The van der Waals surface area contributed by atoms with Crippen molar-refractivity contribution < 1.29 is 18.0 Å². The Hall–Kier alpha value is -3.27. The number of aryl methyl sites for hydroxylation is 1. The molecule has 0 bridgehead atoms. The first kappa shape index (κ1) is 36.0. The molecule has 1 aliphatic rings. The fourth-order valence-corrected chi connectivity index (χ4v) is 8.20. The number of carbonyl (C=O) groups is 2. The molecule has 1 aliphatic carbocycles. The maximum absolute atomic E-state index is 14.7. The summed E-state index contributed by atoms with van der Waals surface area (Å²) in [6.45, 7) is 0.988. The van der Waals surface area contributed by atoms with Crippen molar-refractivity contribution in [1.29, 1.82) is 0 Å². The van der Waals surface area contributed by atoms with Crippen molar-refractivity contribution in [1.82, 2.24) is 10.2 Å². The fraction of sp³-hybridized carbons (Fsp3) is 0.278. The van der Waals surface area contributed by atoms with Gasteiger partial charge in [0.15, 0.2) is 0 Å². The summed E-state index contributed by atoms with van der Waals surface area (Å²) in [5, 5.41) is 3.82. The van der Waals surface area contributed by atoms with Crippen LogP contribution in [0.15, 0.2) is 95.9 Å². The lowest BCUT2D eigenvalue weighted by molar-refractivity contribution is -0.140. The maximum atomic E-state index is 14.7.